The molecule has 1 aromatic heterocycles. The minimum Gasteiger partial charge on any atom is -0.453 e. The summed E-state index contributed by atoms with van der Waals surface area (Å²) in [5, 5.41) is 0. The first-order valence-corrected chi connectivity index (χ1v) is 7.23. The Kier molecular flexibility index (Phi) is 4.65. The highest BCUT2D eigenvalue weighted by molar-refractivity contribution is 9.10. The van der Waals surface area contributed by atoms with Gasteiger partial charge in [-0.15, -0.1) is 0 Å². The number of hydrogen-bond acceptors (Lipinski definition) is 3. The van der Waals surface area contributed by atoms with Crippen molar-refractivity contribution in [1.29, 1.82) is 0 Å². The van der Waals surface area contributed by atoms with Crippen LogP contribution in [0.5, 0.6) is 0 Å². The molecule has 17 heavy (non-hydrogen) atoms. The molecular formula is C13H21BrN2O. The Balaban J connectivity index is 2.00. The monoisotopic (exact) mass is 300 g/mol. The molecule has 0 amide bonds. The fourth-order valence-corrected chi connectivity index (χ4v) is 2.94. The van der Waals surface area contributed by atoms with Gasteiger partial charge in [0.25, 0.3) is 0 Å². The maximum atomic E-state index is 5.90. The van der Waals surface area contributed by atoms with E-state index in [0.717, 1.165) is 29.4 Å². The van der Waals surface area contributed by atoms with Crippen molar-refractivity contribution in [3.63, 3.8) is 0 Å². The van der Waals surface area contributed by atoms with E-state index in [9.17, 15) is 0 Å². The zero-order chi connectivity index (χ0) is 12.3. The number of furan rings is 1. The first kappa shape index (κ1) is 13.1. The summed E-state index contributed by atoms with van der Waals surface area (Å²) in [5.74, 6) is 1.88. The molecule has 1 aliphatic rings. The molecule has 0 aromatic carbocycles. The van der Waals surface area contributed by atoms with Gasteiger partial charge in [0.05, 0.1) is 6.04 Å². The normalized spacial score (nSPS) is 20.6. The molecule has 1 unspecified atom stereocenters. The number of piperidine rings is 1. The molecule has 2 rings (SSSR count). The van der Waals surface area contributed by atoms with Gasteiger partial charge in [0, 0.05) is 6.54 Å². The predicted molar refractivity (Wildman–Crippen MR) is 72.8 cm³/mol. The van der Waals surface area contributed by atoms with Crippen molar-refractivity contribution in [1.82, 2.24) is 4.90 Å². The van der Waals surface area contributed by atoms with Crippen LogP contribution in [0.2, 0.25) is 0 Å². The van der Waals surface area contributed by atoms with Crippen molar-refractivity contribution in [2.24, 2.45) is 11.7 Å². The van der Waals surface area contributed by atoms with Crippen LogP contribution in [0.4, 0.5) is 0 Å². The van der Waals surface area contributed by atoms with E-state index in [0.29, 0.717) is 6.54 Å². The third-order valence-corrected chi connectivity index (χ3v) is 4.24. The van der Waals surface area contributed by atoms with E-state index >= 15 is 0 Å². The second-order valence-electron chi connectivity index (χ2n) is 4.78. The first-order chi connectivity index (χ1) is 8.24. The van der Waals surface area contributed by atoms with Crippen LogP contribution < -0.4 is 5.73 Å². The molecule has 0 spiro atoms. The molecule has 1 aromatic rings. The van der Waals surface area contributed by atoms with E-state index in [2.05, 4.69) is 27.8 Å². The third-order valence-electron chi connectivity index (χ3n) is 3.81. The number of nitrogens with zero attached hydrogens (tertiary/aromatic N) is 1. The fraction of sp³-hybridized carbons (Fsp3) is 0.692. The highest BCUT2D eigenvalue weighted by Crippen LogP contribution is 2.29. The van der Waals surface area contributed by atoms with E-state index in [4.69, 9.17) is 10.2 Å². The number of hydrogen-bond donors (Lipinski definition) is 1. The van der Waals surface area contributed by atoms with E-state index < -0.39 is 0 Å². The molecule has 1 saturated heterocycles. The van der Waals surface area contributed by atoms with E-state index in [1.54, 1.807) is 0 Å². The zero-order valence-corrected chi connectivity index (χ0v) is 11.9. The lowest BCUT2D eigenvalue weighted by Crippen LogP contribution is -2.39. The predicted octanol–water partition coefficient (Wildman–Crippen LogP) is 3.16. The zero-order valence-electron chi connectivity index (χ0n) is 10.4. The molecule has 3 nitrogen and oxygen atoms in total. The maximum absolute atomic E-state index is 5.90. The van der Waals surface area contributed by atoms with Crippen molar-refractivity contribution in [3.05, 3.63) is 22.6 Å². The van der Waals surface area contributed by atoms with Gasteiger partial charge in [0.15, 0.2) is 4.67 Å². The van der Waals surface area contributed by atoms with Gasteiger partial charge in [-0.25, -0.2) is 0 Å². The highest BCUT2D eigenvalue weighted by Gasteiger charge is 2.26. The fourth-order valence-electron chi connectivity index (χ4n) is 2.63. The summed E-state index contributed by atoms with van der Waals surface area (Å²) in [6, 6.07) is 4.20. The molecule has 0 bridgehead atoms. The van der Waals surface area contributed by atoms with E-state index in [-0.39, 0.29) is 6.04 Å². The Morgan fingerprint density at radius 2 is 2.18 bits per heavy atom. The van der Waals surface area contributed by atoms with Gasteiger partial charge in [-0.1, -0.05) is 13.3 Å². The molecule has 0 radical (unpaired) electrons. The lowest BCUT2D eigenvalue weighted by molar-refractivity contribution is 0.120. The average Bonchev–Trinajstić information content (AvgIpc) is 2.78. The van der Waals surface area contributed by atoms with Crippen LogP contribution in [0.1, 0.15) is 38.0 Å². The molecule has 0 saturated carbocycles. The Bertz CT molecular complexity index is 345. The largest absolute Gasteiger partial charge is 0.453 e. The SMILES string of the molecule is CCC1CCN(C(CN)c2ccc(Br)o2)CC1. The maximum Gasteiger partial charge on any atom is 0.169 e. The second-order valence-corrected chi connectivity index (χ2v) is 5.56. The minimum absolute atomic E-state index is 0.235. The molecule has 1 atom stereocenters. The Morgan fingerprint density at radius 1 is 1.47 bits per heavy atom. The van der Waals surface area contributed by atoms with Gasteiger partial charge in [-0.2, -0.15) is 0 Å². The van der Waals surface area contributed by atoms with Crippen molar-refractivity contribution in [2.45, 2.75) is 32.2 Å². The van der Waals surface area contributed by atoms with Gasteiger partial charge >= 0.3 is 0 Å². The second kappa shape index (κ2) is 6.03. The van der Waals surface area contributed by atoms with Gasteiger partial charge in [0.2, 0.25) is 0 Å². The molecule has 2 heterocycles. The summed E-state index contributed by atoms with van der Waals surface area (Å²) in [6.45, 7) is 5.18. The van der Waals surface area contributed by atoms with Crippen LogP contribution in [-0.2, 0) is 0 Å². The highest BCUT2D eigenvalue weighted by atomic mass is 79.9. The van der Waals surface area contributed by atoms with Crippen LogP contribution in [0, 0.1) is 5.92 Å². The number of rotatable bonds is 4. The van der Waals surface area contributed by atoms with Crippen LogP contribution in [0.25, 0.3) is 0 Å². The summed E-state index contributed by atoms with van der Waals surface area (Å²) >= 11 is 3.35. The molecule has 4 heteroatoms. The number of likely N-dealkylation sites (tertiary alicyclic amines) is 1. The first-order valence-electron chi connectivity index (χ1n) is 6.44. The van der Waals surface area contributed by atoms with Crippen LogP contribution in [0.3, 0.4) is 0 Å². The lowest BCUT2D eigenvalue weighted by Gasteiger charge is -2.35. The standard InChI is InChI=1S/C13H21BrN2O/c1-2-10-5-7-16(8-6-10)11(9-15)12-3-4-13(14)17-12/h3-4,10-11H,2,5-9,15H2,1H3. The summed E-state index contributed by atoms with van der Waals surface area (Å²) in [7, 11) is 0. The van der Waals surface area contributed by atoms with Gasteiger partial charge in [0.1, 0.15) is 5.76 Å². The van der Waals surface area contributed by atoms with E-state index in [1.807, 2.05) is 12.1 Å². The summed E-state index contributed by atoms with van der Waals surface area (Å²) in [6.07, 6.45) is 3.87. The lowest BCUT2D eigenvalue weighted by atomic mass is 9.93. The van der Waals surface area contributed by atoms with Crippen molar-refractivity contribution in [2.75, 3.05) is 19.6 Å². The molecule has 96 valence electrons. The summed E-state index contributed by atoms with van der Waals surface area (Å²) in [4.78, 5) is 2.46. The number of nitrogens with two attached hydrogens (primary N) is 1. The van der Waals surface area contributed by atoms with E-state index in [1.165, 1.54) is 19.3 Å². The van der Waals surface area contributed by atoms with Crippen LogP contribution in [-0.4, -0.2) is 24.5 Å². The van der Waals surface area contributed by atoms with Gasteiger partial charge in [-0.3, -0.25) is 4.90 Å². The average molecular weight is 301 g/mol. The van der Waals surface area contributed by atoms with Gasteiger partial charge < -0.3 is 10.2 Å². The van der Waals surface area contributed by atoms with Crippen molar-refractivity contribution < 1.29 is 4.42 Å². The molecule has 0 aliphatic carbocycles. The Hall–Kier alpha value is -0.320. The Morgan fingerprint density at radius 3 is 2.65 bits per heavy atom. The van der Waals surface area contributed by atoms with Crippen LogP contribution >= 0.6 is 15.9 Å². The Labute approximate surface area is 111 Å². The third kappa shape index (κ3) is 3.12. The molecule has 1 fully saturated rings. The molecule has 1 aliphatic heterocycles. The smallest absolute Gasteiger partial charge is 0.169 e. The quantitative estimate of drug-likeness (QED) is 0.929. The topological polar surface area (TPSA) is 42.4 Å². The summed E-state index contributed by atoms with van der Waals surface area (Å²) < 4.78 is 6.42. The van der Waals surface area contributed by atoms with Gasteiger partial charge in [-0.05, 0) is 59.9 Å². The molecular weight excluding hydrogens is 280 g/mol. The van der Waals surface area contributed by atoms with Crippen LogP contribution in [0.15, 0.2) is 21.2 Å². The summed E-state index contributed by atoms with van der Waals surface area (Å²) in [5.41, 5.74) is 5.90. The molecule has 2 N–H and O–H groups in total. The number of halogens is 1. The van der Waals surface area contributed by atoms with Crippen molar-refractivity contribution in [3.8, 4) is 0 Å². The minimum atomic E-state index is 0.235. The van der Waals surface area contributed by atoms with Crippen molar-refractivity contribution >= 4 is 15.9 Å².